The van der Waals surface area contributed by atoms with Gasteiger partial charge in [0.1, 0.15) is 17.6 Å². The van der Waals surface area contributed by atoms with E-state index in [1.54, 1.807) is 6.92 Å². The molecule has 2 heterocycles. The lowest BCUT2D eigenvalue weighted by atomic mass is 10.1. The molecule has 1 fully saturated rings. The first-order valence-corrected chi connectivity index (χ1v) is 9.92. The molecule has 1 aliphatic heterocycles. The Hall–Kier alpha value is -2.44. The van der Waals surface area contributed by atoms with Crippen LogP contribution < -0.4 is 4.74 Å². The molecular weight excluding hydrogens is 398 g/mol. The third-order valence-electron chi connectivity index (χ3n) is 5.10. The van der Waals surface area contributed by atoms with E-state index in [1.165, 1.54) is 12.1 Å². The van der Waals surface area contributed by atoms with Crippen LogP contribution in [0.15, 0.2) is 46.9 Å². The number of piperidine rings is 1. The van der Waals surface area contributed by atoms with Gasteiger partial charge >= 0.3 is 0 Å². The van der Waals surface area contributed by atoms with Crippen LogP contribution in [0.5, 0.6) is 5.75 Å². The minimum atomic E-state index is -0.944. The van der Waals surface area contributed by atoms with Gasteiger partial charge in [-0.1, -0.05) is 17.7 Å². The number of hydrogen-bond acceptors (Lipinski definition) is 4. The minimum Gasteiger partial charge on any atom is -0.490 e. The summed E-state index contributed by atoms with van der Waals surface area (Å²) in [6.07, 6.45) is 1.94. The summed E-state index contributed by atoms with van der Waals surface area (Å²) in [5.41, 5.74) is 0.773. The quantitative estimate of drug-likeness (QED) is 0.538. The molecule has 1 aromatic heterocycles. The van der Waals surface area contributed by atoms with E-state index in [0.717, 1.165) is 43.4 Å². The smallest absolute Gasteiger partial charge is 0.229 e. The first-order chi connectivity index (χ1) is 14.0. The van der Waals surface area contributed by atoms with Gasteiger partial charge in [-0.15, -0.1) is 0 Å². The van der Waals surface area contributed by atoms with Crippen LogP contribution in [-0.4, -0.2) is 29.1 Å². The fraction of sp³-hybridized carbons (Fsp3) is 0.318. The lowest BCUT2D eigenvalue weighted by Gasteiger charge is -2.31. The maximum atomic E-state index is 14.0. The average Bonchev–Trinajstić information content (AvgIpc) is 3.07. The monoisotopic (exact) mass is 418 g/mol. The highest BCUT2D eigenvalue weighted by atomic mass is 35.5. The normalized spacial score (nSPS) is 15.6. The van der Waals surface area contributed by atoms with Gasteiger partial charge in [0.05, 0.1) is 11.3 Å². The highest BCUT2D eigenvalue weighted by Gasteiger charge is 2.23. The Morgan fingerprint density at radius 2 is 1.86 bits per heavy atom. The Morgan fingerprint density at radius 1 is 1.14 bits per heavy atom. The summed E-state index contributed by atoms with van der Waals surface area (Å²) in [5.74, 6) is -0.316. The second-order valence-electron chi connectivity index (χ2n) is 7.17. The Bertz CT molecular complexity index is 983. The van der Waals surface area contributed by atoms with Gasteiger partial charge in [0, 0.05) is 24.7 Å². The van der Waals surface area contributed by atoms with Crippen LogP contribution in [0.4, 0.5) is 8.78 Å². The Kier molecular flexibility index (Phi) is 5.83. The lowest BCUT2D eigenvalue weighted by molar-refractivity contribution is 0.0960. The molecule has 0 amide bonds. The van der Waals surface area contributed by atoms with Crippen LogP contribution in [-0.2, 0) is 6.54 Å². The van der Waals surface area contributed by atoms with Gasteiger partial charge in [0.15, 0.2) is 11.6 Å². The zero-order valence-corrected chi connectivity index (χ0v) is 16.8. The molecule has 7 heteroatoms. The number of aryl methyl sites for hydroxylation is 1. The number of nitrogens with zero attached hydrogens (tertiary/aromatic N) is 2. The molecular formula is C22H21ClF2N2O2. The van der Waals surface area contributed by atoms with Crippen LogP contribution >= 0.6 is 11.6 Å². The number of rotatable bonds is 5. The SMILES string of the molecule is Cc1oc(-c2cccc(F)c2F)nc1CN1CCC(Oc2ccc(Cl)cc2)CC1. The number of oxazole rings is 1. The Morgan fingerprint density at radius 3 is 2.59 bits per heavy atom. The van der Waals surface area contributed by atoms with E-state index in [0.29, 0.717) is 17.3 Å². The van der Waals surface area contributed by atoms with Crippen LogP contribution in [0.2, 0.25) is 5.02 Å². The molecule has 1 saturated heterocycles. The molecule has 0 spiro atoms. The number of ether oxygens (including phenoxy) is 1. The summed E-state index contributed by atoms with van der Waals surface area (Å²) < 4.78 is 39.1. The molecule has 3 aromatic rings. The number of hydrogen-bond donors (Lipinski definition) is 0. The van der Waals surface area contributed by atoms with Crippen LogP contribution in [0.25, 0.3) is 11.5 Å². The Labute approximate surface area is 173 Å². The number of likely N-dealkylation sites (tertiary alicyclic amines) is 1. The largest absolute Gasteiger partial charge is 0.490 e. The van der Waals surface area contributed by atoms with E-state index >= 15 is 0 Å². The number of halogens is 3. The van der Waals surface area contributed by atoms with E-state index in [4.69, 9.17) is 20.8 Å². The highest BCUT2D eigenvalue weighted by Crippen LogP contribution is 2.27. The summed E-state index contributed by atoms with van der Waals surface area (Å²) in [7, 11) is 0. The van der Waals surface area contributed by atoms with Gasteiger partial charge in [-0.25, -0.2) is 13.8 Å². The van der Waals surface area contributed by atoms with Crippen LogP contribution in [0.3, 0.4) is 0 Å². The maximum Gasteiger partial charge on any atom is 0.229 e. The van der Waals surface area contributed by atoms with Gasteiger partial charge in [-0.05, 0) is 56.2 Å². The fourth-order valence-electron chi connectivity index (χ4n) is 3.46. The van der Waals surface area contributed by atoms with E-state index in [9.17, 15) is 8.78 Å². The third kappa shape index (κ3) is 4.60. The van der Waals surface area contributed by atoms with Gasteiger partial charge in [0.2, 0.25) is 5.89 Å². The second kappa shape index (κ2) is 8.51. The van der Waals surface area contributed by atoms with E-state index in [1.807, 2.05) is 24.3 Å². The van der Waals surface area contributed by atoms with Crippen LogP contribution in [0.1, 0.15) is 24.3 Å². The van der Waals surface area contributed by atoms with E-state index in [-0.39, 0.29) is 17.6 Å². The summed E-state index contributed by atoms with van der Waals surface area (Å²) in [6, 6.07) is 11.4. The molecule has 0 bridgehead atoms. The zero-order valence-electron chi connectivity index (χ0n) is 16.0. The summed E-state index contributed by atoms with van der Waals surface area (Å²) in [4.78, 5) is 6.67. The average molecular weight is 419 g/mol. The lowest BCUT2D eigenvalue weighted by Crippen LogP contribution is -2.38. The second-order valence-corrected chi connectivity index (χ2v) is 7.61. The summed E-state index contributed by atoms with van der Waals surface area (Å²) in [5, 5.41) is 0.688. The molecule has 4 nitrogen and oxygen atoms in total. The number of aromatic nitrogens is 1. The fourth-order valence-corrected chi connectivity index (χ4v) is 3.59. The van der Waals surface area contributed by atoms with E-state index in [2.05, 4.69) is 9.88 Å². The maximum absolute atomic E-state index is 14.0. The van der Waals surface area contributed by atoms with Gasteiger partial charge < -0.3 is 9.15 Å². The van der Waals surface area contributed by atoms with Crippen molar-refractivity contribution in [3.8, 4) is 17.2 Å². The van der Waals surface area contributed by atoms with Gasteiger partial charge in [-0.2, -0.15) is 0 Å². The van der Waals surface area contributed by atoms with Crippen molar-refractivity contribution in [2.24, 2.45) is 0 Å². The zero-order chi connectivity index (χ0) is 20.4. The topological polar surface area (TPSA) is 38.5 Å². The molecule has 4 rings (SSSR count). The summed E-state index contributed by atoms with van der Waals surface area (Å²) >= 11 is 5.91. The van der Waals surface area contributed by atoms with Crippen molar-refractivity contribution in [3.63, 3.8) is 0 Å². The van der Waals surface area contributed by atoms with Crippen molar-refractivity contribution >= 4 is 11.6 Å². The molecule has 152 valence electrons. The molecule has 0 radical (unpaired) electrons. The van der Waals surface area contributed by atoms with Crippen LogP contribution in [0, 0.1) is 18.6 Å². The molecule has 1 aliphatic rings. The molecule has 0 atom stereocenters. The van der Waals surface area contributed by atoms with Crippen molar-refractivity contribution in [3.05, 3.63) is 70.6 Å². The minimum absolute atomic E-state index is 0.0365. The standard InChI is InChI=1S/C22H21ClF2N2O2/c1-14-20(26-22(28-14)18-3-2-4-19(24)21(18)25)13-27-11-9-17(10-12-27)29-16-7-5-15(23)6-8-16/h2-8,17H,9-13H2,1H3. The van der Waals surface area contributed by atoms with Crippen molar-refractivity contribution in [2.75, 3.05) is 13.1 Å². The van der Waals surface area contributed by atoms with Gasteiger partial charge in [0.25, 0.3) is 0 Å². The highest BCUT2D eigenvalue weighted by molar-refractivity contribution is 6.30. The van der Waals surface area contributed by atoms with Gasteiger partial charge in [-0.3, -0.25) is 4.90 Å². The summed E-state index contributed by atoms with van der Waals surface area (Å²) in [6.45, 7) is 4.10. The van der Waals surface area contributed by atoms with E-state index < -0.39 is 11.6 Å². The van der Waals surface area contributed by atoms with Crippen molar-refractivity contribution < 1.29 is 17.9 Å². The molecule has 2 aromatic carbocycles. The van der Waals surface area contributed by atoms with Crippen molar-refractivity contribution in [1.29, 1.82) is 0 Å². The molecule has 0 N–H and O–H groups in total. The third-order valence-corrected chi connectivity index (χ3v) is 5.35. The van der Waals surface area contributed by atoms with Crippen molar-refractivity contribution in [1.82, 2.24) is 9.88 Å². The Balaban J connectivity index is 1.36. The number of benzene rings is 2. The molecule has 0 saturated carbocycles. The predicted molar refractivity (Wildman–Crippen MR) is 107 cm³/mol. The molecule has 0 unspecified atom stereocenters. The predicted octanol–water partition coefficient (Wildman–Crippen LogP) is 5.63. The molecule has 0 aliphatic carbocycles. The van der Waals surface area contributed by atoms with Crippen molar-refractivity contribution in [2.45, 2.75) is 32.4 Å². The molecule has 29 heavy (non-hydrogen) atoms. The first kappa shape index (κ1) is 19.9. The first-order valence-electron chi connectivity index (χ1n) is 9.55.